The number of oxime groups is 1. The molecule has 16 heavy (non-hydrogen) atoms. The first-order valence-electron chi connectivity index (χ1n) is 4.94. The minimum atomic E-state index is -0.0171. The molecule has 0 aliphatic rings. The lowest BCUT2D eigenvalue weighted by Crippen LogP contribution is -2.39. The van der Waals surface area contributed by atoms with Crippen LogP contribution in [0.5, 0.6) is 0 Å². The largest absolute Gasteiger partial charge is 0.409 e. The Hall–Kier alpha value is -1.56. The number of nitrogens with zero attached hydrogens (tertiary/aromatic N) is 2. The van der Waals surface area contributed by atoms with Crippen LogP contribution >= 0.6 is 11.3 Å². The maximum Gasteiger partial charge on any atom is 0.228 e. The van der Waals surface area contributed by atoms with Gasteiger partial charge in [-0.3, -0.25) is 4.79 Å². The number of carbonyl (C=O) groups excluding carboxylic acids is 1. The molecule has 6 heteroatoms. The average Bonchev–Trinajstić information content (AvgIpc) is 2.77. The zero-order chi connectivity index (χ0) is 12.0. The lowest BCUT2D eigenvalue weighted by Gasteiger charge is -2.19. The minimum Gasteiger partial charge on any atom is -0.409 e. The lowest BCUT2D eigenvalue weighted by atomic mass is 10.3. The smallest absolute Gasteiger partial charge is 0.228 e. The summed E-state index contributed by atoms with van der Waals surface area (Å²) in [6.45, 7) is 2.56. The molecule has 88 valence electrons. The molecule has 0 unspecified atom stereocenters. The molecular weight excluding hydrogens is 226 g/mol. The van der Waals surface area contributed by atoms with Crippen molar-refractivity contribution in [2.75, 3.05) is 13.1 Å². The first kappa shape index (κ1) is 12.5. The summed E-state index contributed by atoms with van der Waals surface area (Å²) in [6, 6.07) is 3.83. The highest BCUT2D eigenvalue weighted by atomic mass is 32.1. The quantitative estimate of drug-likeness (QED) is 0.348. The number of amides is 1. The molecule has 0 saturated carbocycles. The minimum absolute atomic E-state index is 0.0171. The Morgan fingerprint density at radius 2 is 2.44 bits per heavy atom. The van der Waals surface area contributed by atoms with Gasteiger partial charge in [-0.2, -0.15) is 0 Å². The van der Waals surface area contributed by atoms with Crippen molar-refractivity contribution in [1.82, 2.24) is 4.90 Å². The van der Waals surface area contributed by atoms with Gasteiger partial charge < -0.3 is 15.8 Å². The number of likely N-dealkylation sites (N-methyl/N-ethyl adjacent to an activating group) is 1. The summed E-state index contributed by atoms with van der Waals surface area (Å²) in [5.41, 5.74) is 5.37. The Morgan fingerprint density at radius 1 is 1.69 bits per heavy atom. The molecule has 0 bridgehead atoms. The van der Waals surface area contributed by atoms with Crippen LogP contribution in [-0.4, -0.2) is 34.9 Å². The first-order valence-corrected chi connectivity index (χ1v) is 5.82. The normalized spacial score (nSPS) is 11.4. The van der Waals surface area contributed by atoms with E-state index >= 15 is 0 Å². The molecule has 0 fully saturated rings. The Kier molecular flexibility index (Phi) is 4.78. The van der Waals surface area contributed by atoms with E-state index in [0.717, 1.165) is 4.88 Å². The van der Waals surface area contributed by atoms with Crippen molar-refractivity contribution in [3.8, 4) is 0 Å². The maximum atomic E-state index is 11.8. The predicted molar refractivity (Wildman–Crippen MR) is 63.7 cm³/mol. The van der Waals surface area contributed by atoms with E-state index in [-0.39, 0.29) is 18.3 Å². The molecule has 0 aromatic carbocycles. The van der Waals surface area contributed by atoms with Crippen molar-refractivity contribution >= 4 is 23.1 Å². The summed E-state index contributed by atoms with van der Waals surface area (Å²) in [5.74, 6) is 0.0259. The van der Waals surface area contributed by atoms with Crippen molar-refractivity contribution in [2.24, 2.45) is 10.9 Å². The predicted octanol–water partition coefficient (Wildman–Crippen LogP) is 0.886. The molecule has 0 radical (unpaired) electrons. The highest BCUT2D eigenvalue weighted by Gasteiger charge is 2.14. The van der Waals surface area contributed by atoms with Gasteiger partial charge in [-0.15, -0.1) is 11.3 Å². The molecule has 1 heterocycles. The van der Waals surface area contributed by atoms with Gasteiger partial charge in [0.25, 0.3) is 0 Å². The van der Waals surface area contributed by atoms with Gasteiger partial charge in [0.05, 0.1) is 13.0 Å². The summed E-state index contributed by atoms with van der Waals surface area (Å²) in [6.07, 6.45) is 0.365. The summed E-state index contributed by atoms with van der Waals surface area (Å²) in [4.78, 5) is 14.4. The fourth-order valence-electron chi connectivity index (χ4n) is 1.28. The van der Waals surface area contributed by atoms with Gasteiger partial charge in [-0.25, -0.2) is 0 Å². The molecule has 0 aliphatic carbocycles. The zero-order valence-corrected chi connectivity index (χ0v) is 9.91. The van der Waals surface area contributed by atoms with Gasteiger partial charge in [0.15, 0.2) is 5.84 Å². The van der Waals surface area contributed by atoms with Gasteiger partial charge in [0.2, 0.25) is 5.91 Å². The SMILES string of the molecule is CCN(CC(N)=NO)C(=O)Cc1cccs1. The topological polar surface area (TPSA) is 78.9 Å². The van der Waals surface area contributed by atoms with Crippen LogP contribution in [0.1, 0.15) is 11.8 Å². The van der Waals surface area contributed by atoms with Crippen LogP contribution in [0.15, 0.2) is 22.7 Å². The van der Waals surface area contributed by atoms with Gasteiger partial charge in [-0.1, -0.05) is 11.2 Å². The molecule has 0 aliphatic heterocycles. The van der Waals surface area contributed by atoms with E-state index in [1.807, 2.05) is 24.4 Å². The van der Waals surface area contributed by atoms with Gasteiger partial charge in [0, 0.05) is 11.4 Å². The average molecular weight is 241 g/mol. The van der Waals surface area contributed by atoms with Crippen molar-refractivity contribution in [3.63, 3.8) is 0 Å². The van der Waals surface area contributed by atoms with Gasteiger partial charge in [0.1, 0.15) is 0 Å². The van der Waals surface area contributed by atoms with E-state index in [1.54, 1.807) is 16.2 Å². The van der Waals surface area contributed by atoms with Crippen LogP contribution in [0, 0.1) is 0 Å². The van der Waals surface area contributed by atoms with E-state index in [0.29, 0.717) is 13.0 Å². The van der Waals surface area contributed by atoms with E-state index < -0.39 is 0 Å². The third-order valence-electron chi connectivity index (χ3n) is 2.12. The number of rotatable bonds is 5. The van der Waals surface area contributed by atoms with E-state index in [4.69, 9.17) is 10.9 Å². The monoisotopic (exact) mass is 241 g/mol. The Labute approximate surface area is 98.2 Å². The van der Waals surface area contributed by atoms with Crippen LogP contribution in [-0.2, 0) is 11.2 Å². The van der Waals surface area contributed by atoms with Crippen molar-refractivity contribution in [1.29, 1.82) is 0 Å². The number of hydrogen-bond acceptors (Lipinski definition) is 4. The summed E-state index contributed by atoms with van der Waals surface area (Å²) >= 11 is 1.55. The molecule has 1 amide bonds. The second-order valence-corrected chi connectivity index (χ2v) is 4.29. The molecular formula is C10H15N3O2S. The third kappa shape index (κ3) is 3.54. The molecule has 3 N–H and O–H groups in total. The van der Waals surface area contributed by atoms with Crippen LogP contribution in [0.2, 0.25) is 0 Å². The van der Waals surface area contributed by atoms with Crippen molar-refractivity contribution in [3.05, 3.63) is 22.4 Å². The molecule has 1 aromatic rings. The Morgan fingerprint density at radius 3 is 2.94 bits per heavy atom. The Bertz CT molecular complexity index is 362. The van der Waals surface area contributed by atoms with E-state index in [2.05, 4.69) is 5.16 Å². The highest BCUT2D eigenvalue weighted by molar-refractivity contribution is 7.10. The Balaban J connectivity index is 2.56. The molecule has 0 spiro atoms. The standard InChI is InChI=1S/C10H15N3O2S/c1-2-13(7-9(11)12-15)10(14)6-8-4-3-5-16-8/h3-5,15H,2,6-7H2,1H3,(H2,11,12). The van der Waals surface area contributed by atoms with Crippen molar-refractivity contribution in [2.45, 2.75) is 13.3 Å². The molecule has 1 aromatic heterocycles. The molecule has 1 rings (SSSR count). The maximum absolute atomic E-state index is 11.8. The third-order valence-corrected chi connectivity index (χ3v) is 3.00. The summed E-state index contributed by atoms with van der Waals surface area (Å²) in [7, 11) is 0. The number of hydrogen-bond donors (Lipinski definition) is 2. The number of nitrogens with two attached hydrogens (primary N) is 1. The molecule has 0 atom stereocenters. The fraction of sp³-hybridized carbons (Fsp3) is 0.400. The molecule has 5 nitrogen and oxygen atoms in total. The first-order chi connectivity index (χ1) is 7.67. The number of carbonyl (C=O) groups is 1. The second-order valence-electron chi connectivity index (χ2n) is 3.26. The zero-order valence-electron chi connectivity index (χ0n) is 9.09. The van der Waals surface area contributed by atoms with Gasteiger partial charge >= 0.3 is 0 Å². The van der Waals surface area contributed by atoms with Crippen LogP contribution in [0.3, 0.4) is 0 Å². The summed E-state index contributed by atoms with van der Waals surface area (Å²) < 4.78 is 0. The highest BCUT2D eigenvalue weighted by Crippen LogP contribution is 2.10. The van der Waals surface area contributed by atoms with Crippen LogP contribution in [0.25, 0.3) is 0 Å². The van der Waals surface area contributed by atoms with E-state index in [1.165, 1.54) is 0 Å². The lowest BCUT2D eigenvalue weighted by molar-refractivity contribution is -0.129. The van der Waals surface area contributed by atoms with Gasteiger partial charge in [-0.05, 0) is 18.4 Å². The van der Waals surface area contributed by atoms with E-state index in [9.17, 15) is 4.79 Å². The van der Waals surface area contributed by atoms with Crippen LogP contribution in [0.4, 0.5) is 0 Å². The fourth-order valence-corrected chi connectivity index (χ4v) is 1.97. The summed E-state index contributed by atoms with van der Waals surface area (Å²) in [5, 5.41) is 13.2. The van der Waals surface area contributed by atoms with Crippen LogP contribution < -0.4 is 5.73 Å². The van der Waals surface area contributed by atoms with Crippen molar-refractivity contribution < 1.29 is 10.0 Å². The molecule has 0 saturated heterocycles. The number of amidine groups is 1. The number of thiophene rings is 1. The second kappa shape index (κ2) is 6.12.